The van der Waals surface area contributed by atoms with Crippen molar-refractivity contribution in [3.63, 3.8) is 0 Å². The summed E-state index contributed by atoms with van der Waals surface area (Å²) in [6.07, 6.45) is 1.91. The molecule has 0 aromatic heterocycles. The Labute approximate surface area is 109 Å². The zero-order valence-electron chi connectivity index (χ0n) is 11.4. The summed E-state index contributed by atoms with van der Waals surface area (Å²) in [4.78, 5) is 25.3. The maximum Gasteiger partial charge on any atom is 0.253 e. The van der Waals surface area contributed by atoms with Gasteiger partial charge in [0.15, 0.2) is 5.78 Å². The Morgan fingerprint density at radius 3 is 1.78 bits per heavy atom. The monoisotopic (exact) mass is 247 g/mol. The molecule has 0 N–H and O–H groups in total. The highest BCUT2D eigenvalue weighted by Gasteiger charge is 2.14. The number of benzene rings is 1. The maximum absolute atomic E-state index is 12.2. The molecule has 0 fully saturated rings. The van der Waals surface area contributed by atoms with E-state index >= 15 is 0 Å². The molecule has 0 unspecified atom stereocenters. The molecule has 18 heavy (non-hydrogen) atoms. The van der Waals surface area contributed by atoms with Crippen LogP contribution in [0.4, 0.5) is 0 Å². The van der Waals surface area contributed by atoms with E-state index in [1.165, 1.54) is 6.92 Å². The average Bonchev–Trinajstić information content (AvgIpc) is 2.38. The maximum atomic E-state index is 12.2. The molecule has 0 saturated carbocycles. The van der Waals surface area contributed by atoms with Crippen LogP contribution in [0.15, 0.2) is 24.3 Å². The van der Waals surface area contributed by atoms with Crippen molar-refractivity contribution in [2.75, 3.05) is 13.1 Å². The molecule has 0 atom stereocenters. The molecular weight excluding hydrogens is 226 g/mol. The van der Waals surface area contributed by atoms with Crippen molar-refractivity contribution in [2.24, 2.45) is 0 Å². The van der Waals surface area contributed by atoms with Gasteiger partial charge in [0.25, 0.3) is 5.91 Å². The van der Waals surface area contributed by atoms with Crippen LogP contribution in [-0.4, -0.2) is 29.7 Å². The van der Waals surface area contributed by atoms with Gasteiger partial charge in [-0.1, -0.05) is 26.0 Å². The molecule has 98 valence electrons. The predicted octanol–water partition coefficient (Wildman–Crippen LogP) is 3.15. The first-order valence-electron chi connectivity index (χ1n) is 6.50. The fourth-order valence-corrected chi connectivity index (χ4v) is 1.88. The van der Waals surface area contributed by atoms with Crippen molar-refractivity contribution in [1.29, 1.82) is 0 Å². The van der Waals surface area contributed by atoms with Gasteiger partial charge in [0.05, 0.1) is 0 Å². The lowest BCUT2D eigenvalue weighted by atomic mass is 10.1. The molecule has 1 aromatic rings. The van der Waals surface area contributed by atoms with Crippen molar-refractivity contribution >= 4 is 11.7 Å². The van der Waals surface area contributed by atoms with Crippen molar-refractivity contribution in [3.8, 4) is 0 Å². The van der Waals surface area contributed by atoms with E-state index in [1.807, 2.05) is 4.90 Å². The van der Waals surface area contributed by atoms with Gasteiger partial charge in [-0.2, -0.15) is 0 Å². The number of Topliss-reactive ketones (excluding diaryl/α,β-unsaturated/α-hetero) is 1. The van der Waals surface area contributed by atoms with Gasteiger partial charge in [-0.25, -0.2) is 0 Å². The van der Waals surface area contributed by atoms with Crippen LogP contribution >= 0.6 is 0 Å². The average molecular weight is 247 g/mol. The Hall–Kier alpha value is -1.64. The Morgan fingerprint density at radius 1 is 0.944 bits per heavy atom. The standard InChI is InChI=1S/C15H21NO2/c1-4-10-16(11-5-2)15(18)14-8-6-13(7-9-14)12(3)17/h6-9H,4-5,10-11H2,1-3H3. The third-order valence-electron chi connectivity index (χ3n) is 2.81. The molecule has 3 nitrogen and oxygen atoms in total. The van der Waals surface area contributed by atoms with Gasteiger partial charge < -0.3 is 4.90 Å². The van der Waals surface area contributed by atoms with E-state index in [0.717, 1.165) is 25.9 Å². The highest BCUT2D eigenvalue weighted by Crippen LogP contribution is 2.09. The number of amides is 1. The Balaban J connectivity index is 2.84. The van der Waals surface area contributed by atoms with Crippen molar-refractivity contribution in [3.05, 3.63) is 35.4 Å². The summed E-state index contributed by atoms with van der Waals surface area (Å²) in [5.41, 5.74) is 1.30. The lowest BCUT2D eigenvalue weighted by Gasteiger charge is -2.21. The molecule has 3 heteroatoms. The number of hydrogen-bond acceptors (Lipinski definition) is 2. The van der Waals surface area contributed by atoms with Gasteiger partial charge in [-0.3, -0.25) is 9.59 Å². The fraction of sp³-hybridized carbons (Fsp3) is 0.467. The molecule has 0 heterocycles. The van der Waals surface area contributed by atoms with E-state index in [1.54, 1.807) is 24.3 Å². The summed E-state index contributed by atoms with van der Waals surface area (Å²) in [7, 11) is 0. The molecule has 0 bridgehead atoms. The van der Waals surface area contributed by atoms with E-state index < -0.39 is 0 Å². The van der Waals surface area contributed by atoms with Gasteiger partial charge in [0.1, 0.15) is 0 Å². The molecule has 0 radical (unpaired) electrons. The van der Waals surface area contributed by atoms with Crippen LogP contribution in [0.1, 0.15) is 54.3 Å². The van der Waals surface area contributed by atoms with Crippen LogP contribution in [0.2, 0.25) is 0 Å². The van der Waals surface area contributed by atoms with E-state index in [4.69, 9.17) is 0 Å². The Morgan fingerprint density at radius 2 is 1.39 bits per heavy atom. The number of rotatable bonds is 6. The second-order valence-electron chi connectivity index (χ2n) is 4.43. The summed E-state index contributed by atoms with van der Waals surface area (Å²) in [5.74, 6) is 0.0711. The van der Waals surface area contributed by atoms with Crippen LogP contribution in [-0.2, 0) is 0 Å². The number of carbonyl (C=O) groups excluding carboxylic acids is 2. The van der Waals surface area contributed by atoms with Gasteiger partial charge in [0.2, 0.25) is 0 Å². The minimum absolute atomic E-state index is 0.0213. The van der Waals surface area contributed by atoms with Crippen molar-refractivity contribution < 1.29 is 9.59 Å². The van der Waals surface area contributed by atoms with Crippen LogP contribution in [0.25, 0.3) is 0 Å². The second-order valence-corrected chi connectivity index (χ2v) is 4.43. The molecular formula is C15H21NO2. The van der Waals surface area contributed by atoms with Crippen LogP contribution < -0.4 is 0 Å². The number of carbonyl (C=O) groups is 2. The molecule has 0 spiro atoms. The van der Waals surface area contributed by atoms with Gasteiger partial charge >= 0.3 is 0 Å². The summed E-state index contributed by atoms with van der Waals surface area (Å²) in [6.45, 7) is 7.21. The lowest BCUT2D eigenvalue weighted by molar-refractivity contribution is 0.0755. The first-order valence-corrected chi connectivity index (χ1v) is 6.50. The lowest BCUT2D eigenvalue weighted by Crippen LogP contribution is -2.32. The van der Waals surface area contributed by atoms with E-state index in [-0.39, 0.29) is 11.7 Å². The molecule has 0 aliphatic heterocycles. The third kappa shape index (κ3) is 3.69. The normalized spacial score (nSPS) is 10.2. The first kappa shape index (κ1) is 14.4. The quantitative estimate of drug-likeness (QED) is 0.724. The number of nitrogens with zero attached hydrogens (tertiary/aromatic N) is 1. The van der Waals surface area contributed by atoms with E-state index in [2.05, 4.69) is 13.8 Å². The predicted molar refractivity (Wildman–Crippen MR) is 72.9 cm³/mol. The highest BCUT2D eigenvalue weighted by atomic mass is 16.2. The van der Waals surface area contributed by atoms with E-state index in [9.17, 15) is 9.59 Å². The van der Waals surface area contributed by atoms with Crippen LogP contribution in [0, 0.1) is 0 Å². The highest BCUT2D eigenvalue weighted by molar-refractivity contribution is 5.97. The van der Waals surface area contributed by atoms with Crippen molar-refractivity contribution in [2.45, 2.75) is 33.6 Å². The Kier molecular flexibility index (Phi) is 5.56. The summed E-state index contributed by atoms with van der Waals surface area (Å²) >= 11 is 0. The summed E-state index contributed by atoms with van der Waals surface area (Å²) < 4.78 is 0. The second kappa shape index (κ2) is 6.94. The number of ketones is 1. The minimum atomic E-state index is 0.0213. The first-order chi connectivity index (χ1) is 8.60. The van der Waals surface area contributed by atoms with Crippen molar-refractivity contribution in [1.82, 2.24) is 4.90 Å². The SMILES string of the molecule is CCCN(CCC)C(=O)c1ccc(C(C)=O)cc1. The van der Waals surface area contributed by atoms with Gasteiger partial charge in [-0.15, -0.1) is 0 Å². The third-order valence-corrected chi connectivity index (χ3v) is 2.81. The molecule has 1 rings (SSSR count). The fourth-order valence-electron chi connectivity index (χ4n) is 1.88. The van der Waals surface area contributed by atoms with Gasteiger partial charge in [-0.05, 0) is 31.9 Å². The number of hydrogen-bond donors (Lipinski definition) is 0. The smallest absolute Gasteiger partial charge is 0.253 e. The molecule has 0 aliphatic rings. The topological polar surface area (TPSA) is 37.4 Å². The molecule has 0 saturated heterocycles. The molecule has 0 aliphatic carbocycles. The van der Waals surface area contributed by atoms with E-state index in [0.29, 0.717) is 11.1 Å². The molecule has 1 aromatic carbocycles. The summed E-state index contributed by atoms with van der Waals surface area (Å²) in [5, 5.41) is 0. The minimum Gasteiger partial charge on any atom is -0.339 e. The van der Waals surface area contributed by atoms with Crippen LogP contribution in [0.3, 0.4) is 0 Å². The van der Waals surface area contributed by atoms with Crippen LogP contribution in [0.5, 0.6) is 0 Å². The largest absolute Gasteiger partial charge is 0.339 e. The zero-order valence-corrected chi connectivity index (χ0v) is 11.4. The van der Waals surface area contributed by atoms with Gasteiger partial charge in [0, 0.05) is 24.2 Å². The summed E-state index contributed by atoms with van der Waals surface area (Å²) in [6, 6.07) is 6.89. The molecule has 1 amide bonds. The Bertz CT molecular complexity index is 403. The zero-order chi connectivity index (χ0) is 13.5.